The number of ether oxygens (including phenoxy) is 1. The predicted octanol–water partition coefficient (Wildman–Crippen LogP) is 1.12. The van der Waals surface area contributed by atoms with Crippen LogP contribution in [0.15, 0.2) is 22.8 Å². The van der Waals surface area contributed by atoms with E-state index in [1.807, 2.05) is 12.1 Å². The lowest BCUT2D eigenvalue weighted by atomic mass is 10.2. The predicted molar refractivity (Wildman–Crippen MR) is 59.5 cm³/mol. The van der Waals surface area contributed by atoms with E-state index in [1.165, 1.54) is 0 Å². The SMILES string of the molecule is COCCCC(N)CNCc1ccco1. The van der Waals surface area contributed by atoms with Crippen molar-refractivity contribution in [2.75, 3.05) is 20.3 Å². The topological polar surface area (TPSA) is 60.4 Å². The van der Waals surface area contributed by atoms with Gasteiger partial charge in [-0.3, -0.25) is 0 Å². The summed E-state index contributed by atoms with van der Waals surface area (Å²) in [6.45, 7) is 2.33. The summed E-state index contributed by atoms with van der Waals surface area (Å²) in [5.74, 6) is 0.944. The molecule has 4 nitrogen and oxygen atoms in total. The third-order valence-corrected chi connectivity index (χ3v) is 2.21. The Hall–Kier alpha value is -0.840. The highest BCUT2D eigenvalue weighted by atomic mass is 16.5. The largest absolute Gasteiger partial charge is 0.468 e. The smallest absolute Gasteiger partial charge is 0.117 e. The molecule has 0 fully saturated rings. The number of furan rings is 1. The van der Waals surface area contributed by atoms with E-state index in [0.29, 0.717) is 0 Å². The van der Waals surface area contributed by atoms with Gasteiger partial charge >= 0.3 is 0 Å². The molecule has 0 aliphatic carbocycles. The molecule has 1 aromatic rings. The first-order valence-electron chi connectivity index (χ1n) is 5.30. The summed E-state index contributed by atoms with van der Waals surface area (Å²) in [5.41, 5.74) is 5.91. The van der Waals surface area contributed by atoms with Crippen LogP contribution in [-0.2, 0) is 11.3 Å². The molecule has 1 rings (SSSR count). The van der Waals surface area contributed by atoms with Gasteiger partial charge in [0.15, 0.2) is 0 Å². The van der Waals surface area contributed by atoms with Crippen molar-refractivity contribution in [3.05, 3.63) is 24.2 Å². The first-order valence-corrected chi connectivity index (χ1v) is 5.30. The molecule has 4 heteroatoms. The van der Waals surface area contributed by atoms with Crippen LogP contribution in [0.25, 0.3) is 0 Å². The van der Waals surface area contributed by atoms with Crippen LogP contribution < -0.4 is 11.1 Å². The fourth-order valence-corrected chi connectivity index (χ4v) is 1.39. The van der Waals surface area contributed by atoms with Crippen molar-refractivity contribution >= 4 is 0 Å². The highest BCUT2D eigenvalue weighted by molar-refractivity contribution is 4.97. The summed E-state index contributed by atoms with van der Waals surface area (Å²) in [7, 11) is 1.71. The fraction of sp³-hybridized carbons (Fsp3) is 0.636. The molecule has 0 aromatic carbocycles. The minimum Gasteiger partial charge on any atom is -0.468 e. The molecule has 0 radical (unpaired) electrons. The Morgan fingerprint density at radius 2 is 2.47 bits per heavy atom. The average molecular weight is 212 g/mol. The van der Waals surface area contributed by atoms with E-state index in [1.54, 1.807) is 13.4 Å². The van der Waals surface area contributed by atoms with E-state index < -0.39 is 0 Å². The van der Waals surface area contributed by atoms with E-state index in [4.69, 9.17) is 14.9 Å². The van der Waals surface area contributed by atoms with Gasteiger partial charge in [-0.25, -0.2) is 0 Å². The van der Waals surface area contributed by atoms with Crippen molar-refractivity contribution in [2.45, 2.75) is 25.4 Å². The van der Waals surface area contributed by atoms with Crippen LogP contribution in [0.5, 0.6) is 0 Å². The van der Waals surface area contributed by atoms with Gasteiger partial charge in [-0.2, -0.15) is 0 Å². The summed E-state index contributed by atoms with van der Waals surface area (Å²) in [6.07, 6.45) is 3.68. The molecule has 1 unspecified atom stereocenters. The fourth-order valence-electron chi connectivity index (χ4n) is 1.39. The summed E-state index contributed by atoms with van der Waals surface area (Å²) < 4.78 is 10.2. The quantitative estimate of drug-likeness (QED) is 0.634. The molecule has 0 spiro atoms. The average Bonchev–Trinajstić information content (AvgIpc) is 2.71. The maximum Gasteiger partial charge on any atom is 0.117 e. The van der Waals surface area contributed by atoms with Crippen molar-refractivity contribution in [1.29, 1.82) is 0 Å². The van der Waals surface area contributed by atoms with Gasteiger partial charge in [0.05, 0.1) is 12.8 Å². The molecule has 0 saturated carbocycles. The standard InChI is InChI=1S/C11H20N2O2/c1-14-6-2-4-10(12)8-13-9-11-5-3-7-15-11/h3,5,7,10,13H,2,4,6,8-9,12H2,1H3. The minimum atomic E-state index is 0.190. The zero-order valence-corrected chi connectivity index (χ0v) is 9.24. The maximum absolute atomic E-state index is 5.91. The summed E-state index contributed by atoms with van der Waals surface area (Å²) in [5, 5.41) is 3.25. The first kappa shape index (κ1) is 12.2. The molecular formula is C11H20N2O2. The van der Waals surface area contributed by atoms with E-state index >= 15 is 0 Å². The minimum absolute atomic E-state index is 0.190. The molecule has 1 atom stereocenters. The highest BCUT2D eigenvalue weighted by Crippen LogP contribution is 1.99. The van der Waals surface area contributed by atoms with Crippen molar-refractivity contribution < 1.29 is 9.15 Å². The number of rotatable bonds is 8. The highest BCUT2D eigenvalue weighted by Gasteiger charge is 2.02. The van der Waals surface area contributed by atoms with Gasteiger partial charge in [-0.15, -0.1) is 0 Å². The van der Waals surface area contributed by atoms with Gasteiger partial charge in [0.25, 0.3) is 0 Å². The Balaban J connectivity index is 1.99. The maximum atomic E-state index is 5.91. The molecule has 0 aliphatic heterocycles. The monoisotopic (exact) mass is 212 g/mol. The van der Waals surface area contributed by atoms with Crippen molar-refractivity contribution in [2.24, 2.45) is 5.73 Å². The molecule has 0 bridgehead atoms. The molecular weight excluding hydrogens is 192 g/mol. The third-order valence-electron chi connectivity index (χ3n) is 2.21. The molecule has 3 N–H and O–H groups in total. The third kappa shape index (κ3) is 5.57. The van der Waals surface area contributed by atoms with Crippen LogP contribution in [0, 0.1) is 0 Å². The molecule has 15 heavy (non-hydrogen) atoms. The Morgan fingerprint density at radius 1 is 1.60 bits per heavy atom. The van der Waals surface area contributed by atoms with E-state index in [9.17, 15) is 0 Å². The zero-order chi connectivity index (χ0) is 10.9. The second-order valence-electron chi connectivity index (χ2n) is 3.61. The Kier molecular flexibility index (Phi) is 6.08. The van der Waals surface area contributed by atoms with Crippen LogP contribution in [0.4, 0.5) is 0 Å². The lowest BCUT2D eigenvalue weighted by Crippen LogP contribution is -2.33. The van der Waals surface area contributed by atoms with Gasteiger partial charge in [-0.1, -0.05) is 0 Å². The second kappa shape index (κ2) is 7.45. The van der Waals surface area contributed by atoms with E-state index in [2.05, 4.69) is 5.32 Å². The van der Waals surface area contributed by atoms with Crippen LogP contribution in [0.3, 0.4) is 0 Å². The molecule has 0 saturated heterocycles. The number of nitrogens with two attached hydrogens (primary N) is 1. The first-order chi connectivity index (χ1) is 7.33. The number of nitrogens with one attached hydrogen (secondary N) is 1. The Bertz CT molecular complexity index is 237. The molecule has 1 aromatic heterocycles. The molecule has 86 valence electrons. The van der Waals surface area contributed by atoms with Crippen LogP contribution in [0.2, 0.25) is 0 Å². The molecule has 1 heterocycles. The van der Waals surface area contributed by atoms with Gasteiger partial charge in [-0.05, 0) is 25.0 Å². The Labute approximate surface area is 90.8 Å². The number of methoxy groups -OCH3 is 1. The van der Waals surface area contributed by atoms with Crippen molar-refractivity contribution in [3.63, 3.8) is 0 Å². The van der Waals surface area contributed by atoms with Gasteiger partial charge < -0.3 is 20.2 Å². The summed E-state index contributed by atoms with van der Waals surface area (Å²) in [4.78, 5) is 0. The summed E-state index contributed by atoms with van der Waals surface area (Å²) in [6, 6.07) is 4.02. The lowest BCUT2D eigenvalue weighted by Gasteiger charge is -2.11. The lowest BCUT2D eigenvalue weighted by molar-refractivity contribution is 0.190. The normalized spacial score (nSPS) is 12.9. The van der Waals surface area contributed by atoms with Crippen LogP contribution >= 0.6 is 0 Å². The van der Waals surface area contributed by atoms with E-state index in [0.717, 1.165) is 38.3 Å². The van der Waals surface area contributed by atoms with Gasteiger partial charge in [0, 0.05) is 26.3 Å². The molecule has 0 amide bonds. The number of hydrogen-bond donors (Lipinski definition) is 2. The van der Waals surface area contributed by atoms with Gasteiger partial charge in [0.2, 0.25) is 0 Å². The van der Waals surface area contributed by atoms with Crippen molar-refractivity contribution in [1.82, 2.24) is 5.32 Å². The second-order valence-corrected chi connectivity index (χ2v) is 3.61. The van der Waals surface area contributed by atoms with Crippen molar-refractivity contribution in [3.8, 4) is 0 Å². The Morgan fingerprint density at radius 3 is 3.13 bits per heavy atom. The van der Waals surface area contributed by atoms with E-state index in [-0.39, 0.29) is 6.04 Å². The van der Waals surface area contributed by atoms with Gasteiger partial charge in [0.1, 0.15) is 5.76 Å². The number of hydrogen-bond acceptors (Lipinski definition) is 4. The molecule has 0 aliphatic rings. The van der Waals surface area contributed by atoms with Crippen LogP contribution in [0.1, 0.15) is 18.6 Å². The summed E-state index contributed by atoms with van der Waals surface area (Å²) >= 11 is 0. The van der Waals surface area contributed by atoms with Crippen LogP contribution in [-0.4, -0.2) is 26.3 Å². The zero-order valence-electron chi connectivity index (χ0n) is 9.24.